The number of hydrogen-bond acceptors (Lipinski definition) is 5. The smallest absolute Gasteiger partial charge is 0.327 e. The highest BCUT2D eigenvalue weighted by molar-refractivity contribution is 5.82. The summed E-state index contributed by atoms with van der Waals surface area (Å²) < 4.78 is 5.36. The Hall–Kier alpha value is -0.650. The summed E-state index contributed by atoms with van der Waals surface area (Å²) in [5.74, 6) is 0.356. The molecular formula is C15H29N3O2. The van der Waals surface area contributed by atoms with Crippen molar-refractivity contribution in [2.24, 2.45) is 5.92 Å². The zero-order valence-corrected chi connectivity index (χ0v) is 13.3. The lowest BCUT2D eigenvalue weighted by Crippen LogP contribution is -2.63. The summed E-state index contributed by atoms with van der Waals surface area (Å²) in [6.07, 6.45) is 2.25. The third-order valence-electron chi connectivity index (χ3n) is 4.78. The van der Waals surface area contributed by atoms with Gasteiger partial charge in [0.2, 0.25) is 0 Å². The van der Waals surface area contributed by atoms with E-state index in [0.29, 0.717) is 18.6 Å². The van der Waals surface area contributed by atoms with Gasteiger partial charge in [-0.3, -0.25) is 4.90 Å². The Balaban J connectivity index is 2.09. The van der Waals surface area contributed by atoms with E-state index in [9.17, 15) is 4.79 Å². The Labute approximate surface area is 122 Å². The van der Waals surface area contributed by atoms with Crippen molar-refractivity contribution in [3.8, 4) is 0 Å². The van der Waals surface area contributed by atoms with Crippen molar-refractivity contribution in [3.63, 3.8) is 0 Å². The van der Waals surface area contributed by atoms with Crippen molar-refractivity contribution in [1.29, 1.82) is 0 Å². The van der Waals surface area contributed by atoms with Crippen molar-refractivity contribution in [2.45, 2.75) is 38.3 Å². The molecule has 5 nitrogen and oxygen atoms in total. The van der Waals surface area contributed by atoms with Crippen LogP contribution in [0.2, 0.25) is 0 Å². The van der Waals surface area contributed by atoms with Crippen molar-refractivity contribution in [2.75, 3.05) is 46.9 Å². The number of likely N-dealkylation sites (N-methyl/N-ethyl adjacent to an activating group) is 2. The van der Waals surface area contributed by atoms with Gasteiger partial charge in [-0.25, -0.2) is 4.79 Å². The van der Waals surface area contributed by atoms with Crippen LogP contribution in [0.25, 0.3) is 0 Å². The Morgan fingerprint density at radius 3 is 2.60 bits per heavy atom. The van der Waals surface area contributed by atoms with E-state index in [0.717, 1.165) is 39.0 Å². The van der Waals surface area contributed by atoms with Crippen LogP contribution in [0, 0.1) is 5.92 Å². The SMILES string of the molecule is CCOC(=O)C(CN1CCN(C)CC1C)(NC)C1CC1. The Morgan fingerprint density at radius 2 is 2.10 bits per heavy atom. The van der Waals surface area contributed by atoms with Gasteiger partial charge in [0, 0.05) is 32.2 Å². The molecule has 2 rings (SSSR count). The average molecular weight is 283 g/mol. The lowest BCUT2D eigenvalue weighted by Gasteiger charge is -2.43. The Kier molecular flexibility index (Phi) is 5.04. The number of nitrogens with one attached hydrogen (secondary N) is 1. The number of hydrogen-bond donors (Lipinski definition) is 1. The number of carbonyl (C=O) groups excluding carboxylic acids is 1. The zero-order chi connectivity index (χ0) is 14.8. The van der Waals surface area contributed by atoms with Crippen molar-refractivity contribution >= 4 is 5.97 Å². The van der Waals surface area contributed by atoms with Gasteiger partial charge in [-0.05, 0) is 46.7 Å². The highest BCUT2D eigenvalue weighted by atomic mass is 16.5. The normalized spacial score (nSPS) is 28.1. The van der Waals surface area contributed by atoms with Gasteiger partial charge in [0.25, 0.3) is 0 Å². The average Bonchev–Trinajstić information content (AvgIpc) is 3.23. The van der Waals surface area contributed by atoms with Gasteiger partial charge < -0.3 is 15.0 Å². The summed E-state index contributed by atoms with van der Waals surface area (Å²) in [6, 6.07) is 0.481. The third kappa shape index (κ3) is 3.15. The quantitative estimate of drug-likeness (QED) is 0.722. The molecule has 2 aliphatic rings. The van der Waals surface area contributed by atoms with Gasteiger partial charge >= 0.3 is 5.97 Å². The molecule has 0 spiro atoms. The molecule has 0 bridgehead atoms. The largest absolute Gasteiger partial charge is 0.465 e. The van der Waals surface area contributed by atoms with Gasteiger partial charge in [0.15, 0.2) is 0 Å². The van der Waals surface area contributed by atoms with Crippen LogP contribution in [0.3, 0.4) is 0 Å². The van der Waals surface area contributed by atoms with E-state index >= 15 is 0 Å². The van der Waals surface area contributed by atoms with Crippen LogP contribution in [-0.4, -0.2) is 74.2 Å². The molecule has 2 fully saturated rings. The van der Waals surface area contributed by atoms with Crippen LogP contribution < -0.4 is 5.32 Å². The fourth-order valence-electron chi connectivity index (χ4n) is 3.31. The predicted octanol–water partition coefficient (Wildman–Crippen LogP) is 0.554. The summed E-state index contributed by atoms with van der Waals surface area (Å²) in [5.41, 5.74) is -0.514. The standard InChI is InChI=1S/C15H29N3O2/c1-5-20-14(19)15(16-3,13-6-7-13)11-18-9-8-17(4)10-12(18)2/h12-13,16H,5-11H2,1-4H3. The minimum atomic E-state index is -0.514. The minimum absolute atomic E-state index is 0.0730. The van der Waals surface area contributed by atoms with Crippen LogP contribution in [0.5, 0.6) is 0 Å². The first-order valence-electron chi connectivity index (χ1n) is 7.82. The molecule has 1 saturated heterocycles. The molecule has 1 aliphatic heterocycles. The second-order valence-electron chi connectivity index (χ2n) is 6.30. The topological polar surface area (TPSA) is 44.8 Å². The van der Waals surface area contributed by atoms with Crippen molar-refractivity contribution < 1.29 is 9.53 Å². The molecule has 20 heavy (non-hydrogen) atoms. The lowest BCUT2D eigenvalue weighted by atomic mass is 9.91. The monoisotopic (exact) mass is 283 g/mol. The maximum Gasteiger partial charge on any atom is 0.327 e. The Bertz CT molecular complexity index is 346. The van der Waals surface area contributed by atoms with E-state index in [2.05, 4.69) is 29.1 Å². The summed E-state index contributed by atoms with van der Waals surface area (Å²) in [7, 11) is 4.06. The van der Waals surface area contributed by atoms with Gasteiger partial charge in [-0.2, -0.15) is 0 Å². The van der Waals surface area contributed by atoms with Gasteiger partial charge in [0.1, 0.15) is 5.54 Å². The summed E-state index contributed by atoms with van der Waals surface area (Å²) in [4.78, 5) is 17.3. The molecular weight excluding hydrogens is 254 g/mol. The molecule has 0 amide bonds. The van der Waals surface area contributed by atoms with E-state index in [4.69, 9.17) is 4.74 Å². The van der Waals surface area contributed by atoms with Crippen LogP contribution in [-0.2, 0) is 9.53 Å². The summed E-state index contributed by atoms with van der Waals surface area (Å²) >= 11 is 0. The van der Waals surface area contributed by atoms with Crippen molar-refractivity contribution in [3.05, 3.63) is 0 Å². The first-order valence-corrected chi connectivity index (χ1v) is 7.82. The van der Waals surface area contributed by atoms with Gasteiger partial charge in [0.05, 0.1) is 6.61 Å². The van der Waals surface area contributed by atoms with E-state index in [-0.39, 0.29) is 5.97 Å². The van der Waals surface area contributed by atoms with E-state index in [1.165, 1.54) is 0 Å². The molecule has 0 aromatic carbocycles. The molecule has 1 N–H and O–H groups in total. The van der Waals surface area contributed by atoms with Crippen LogP contribution >= 0.6 is 0 Å². The minimum Gasteiger partial charge on any atom is -0.465 e. The summed E-state index contributed by atoms with van der Waals surface area (Å²) in [5, 5.41) is 3.31. The first kappa shape index (κ1) is 15.7. The zero-order valence-electron chi connectivity index (χ0n) is 13.3. The first-order chi connectivity index (χ1) is 9.53. The highest BCUT2D eigenvalue weighted by Crippen LogP contribution is 2.41. The number of carbonyl (C=O) groups is 1. The molecule has 1 heterocycles. The van der Waals surface area contributed by atoms with E-state index < -0.39 is 5.54 Å². The molecule has 1 saturated carbocycles. The second kappa shape index (κ2) is 6.41. The molecule has 2 unspecified atom stereocenters. The molecule has 5 heteroatoms. The molecule has 1 aliphatic carbocycles. The maximum absolute atomic E-state index is 12.5. The van der Waals surface area contributed by atoms with E-state index in [1.807, 2.05) is 14.0 Å². The number of piperazine rings is 1. The van der Waals surface area contributed by atoms with Gasteiger partial charge in [-0.15, -0.1) is 0 Å². The molecule has 116 valence electrons. The van der Waals surface area contributed by atoms with Crippen LogP contribution in [0.15, 0.2) is 0 Å². The van der Waals surface area contributed by atoms with Gasteiger partial charge in [-0.1, -0.05) is 0 Å². The molecule has 0 aromatic heterocycles. The number of ether oxygens (including phenoxy) is 1. The van der Waals surface area contributed by atoms with Crippen LogP contribution in [0.1, 0.15) is 26.7 Å². The van der Waals surface area contributed by atoms with Crippen LogP contribution in [0.4, 0.5) is 0 Å². The number of esters is 1. The third-order valence-corrected chi connectivity index (χ3v) is 4.78. The fraction of sp³-hybridized carbons (Fsp3) is 0.933. The second-order valence-corrected chi connectivity index (χ2v) is 6.30. The maximum atomic E-state index is 12.5. The number of nitrogens with zero attached hydrogens (tertiary/aromatic N) is 2. The fourth-order valence-corrected chi connectivity index (χ4v) is 3.31. The molecule has 2 atom stereocenters. The highest BCUT2D eigenvalue weighted by Gasteiger charge is 2.52. The van der Waals surface area contributed by atoms with E-state index in [1.54, 1.807) is 0 Å². The Morgan fingerprint density at radius 1 is 1.40 bits per heavy atom. The molecule has 0 radical (unpaired) electrons. The summed E-state index contributed by atoms with van der Waals surface area (Å²) in [6.45, 7) is 8.49. The lowest BCUT2D eigenvalue weighted by molar-refractivity contribution is -0.153. The predicted molar refractivity (Wildman–Crippen MR) is 79.7 cm³/mol. The van der Waals surface area contributed by atoms with Crippen molar-refractivity contribution in [1.82, 2.24) is 15.1 Å². The number of rotatable bonds is 6. The molecule has 0 aromatic rings.